The lowest BCUT2D eigenvalue weighted by Gasteiger charge is -2.41. The van der Waals surface area contributed by atoms with Gasteiger partial charge in [0.15, 0.2) is 6.29 Å². The van der Waals surface area contributed by atoms with Crippen LogP contribution in [0.3, 0.4) is 0 Å². The van der Waals surface area contributed by atoms with E-state index >= 15 is 0 Å². The van der Waals surface area contributed by atoms with Gasteiger partial charge in [-0.05, 0) is 38.0 Å². The highest BCUT2D eigenvalue weighted by atomic mass is 19.1. The first-order valence-electron chi connectivity index (χ1n) is 6.13. The van der Waals surface area contributed by atoms with E-state index in [2.05, 4.69) is 11.8 Å². The van der Waals surface area contributed by atoms with E-state index in [1.54, 1.807) is 13.2 Å². The molecule has 0 aromatic heterocycles. The van der Waals surface area contributed by atoms with Crippen molar-refractivity contribution in [2.24, 2.45) is 0 Å². The summed E-state index contributed by atoms with van der Waals surface area (Å²) in [5.41, 5.74) is 0.983. The Morgan fingerprint density at radius 2 is 2.28 bits per heavy atom. The molecular formula is C14H18FNO2. The second-order valence-electron chi connectivity index (χ2n) is 5.00. The molecule has 1 saturated heterocycles. The minimum Gasteiger partial charge on any atom is -0.377 e. The smallest absolute Gasteiger partial charge is 0.152 e. The Hall–Kier alpha value is -1.42. The number of benzene rings is 1. The van der Waals surface area contributed by atoms with Crippen molar-refractivity contribution < 1.29 is 13.9 Å². The second-order valence-corrected chi connectivity index (χ2v) is 5.00. The van der Waals surface area contributed by atoms with E-state index in [1.807, 2.05) is 0 Å². The van der Waals surface area contributed by atoms with Crippen LogP contribution in [-0.4, -0.2) is 32.1 Å². The van der Waals surface area contributed by atoms with E-state index in [0.717, 1.165) is 31.6 Å². The molecule has 0 aliphatic carbocycles. The zero-order chi connectivity index (χ0) is 13.2. The van der Waals surface area contributed by atoms with Crippen LogP contribution in [0.5, 0.6) is 0 Å². The molecule has 0 saturated carbocycles. The van der Waals surface area contributed by atoms with Crippen molar-refractivity contribution in [2.75, 3.05) is 25.1 Å². The number of nitrogens with zero attached hydrogens (tertiary/aromatic N) is 1. The zero-order valence-corrected chi connectivity index (χ0v) is 10.8. The molecule has 0 spiro atoms. The third kappa shape index (κ3) is 2.53. The number of hydrogen-bond acceptors (Lipinski definition) is 3. The summed E-state index contributed by atoms with van der Waals surface area (Å²) in [5.74, 6) is -0.382. The summed E-state index contributed by atoms with van der Waals surface area (Å²) in [6.07, 6.45) is 2.70. The Morgan fingerprint density at radius 3 is 2.94 bits per heavy atom. The van der Waals surface area contributed by atoms with Gasteiger partial charge in [-0.2, -0.15) is 0 Å². The minimum atomic E-state index is -0.382. The number of piperidine rings is 1. The molecule has 1 aromatic rings. The van der Waals surface area contributed by atoms with Gasteiger partial charge in [-0.25, -0.2) is 4.39 Å². The van der Waals surface area contributed by atoms with E-state index in [9.17, 15) is 9.18 Å². The van der Waals surface area contributed by atoms with Crippen LogP contribution in [0.25, 0.3) is 0 Å². The number of rotatable bonds is 3. The highest BCUT2D eigenvalue weighted by molar-refractivity contribution is 5.84. The first-order valence-corrected chi connectivity index (χ1v) is 6.13. The van der Waals surface area contributed by atoms with Gasteiger partial charge in [0, 0.05) is 31.5 Å². The van der Waals surface area contributed by atoms with Gasteiger partial charge in [-0.15, -0.1) is 0 Å². The van der Waals surface area contributed by atoms with Crippen LogP contribution in [0.2, 0.25) is 0 Å². The summed E-state index contributed by atoms with van der Waals surface area (Å²) in [6.45, 7) is 3.64. The van der Waals surface area contributed by atoms with Gasteiger partial charge in [-0.3, -0.25) is 4.79 Å². The second kappa shape index (κ2) is 5.06. The molecule has 1 aliphatic rings. The van der Waals surface area contributed by atoms with Crippen molar-refractivity contribution in [1.29, 1.82) is 0 Å². The maximum Gasteiger partial charge on any atom is 0.152 e. The zero-order valence-electron chi connectivity index (χ0n) is 10.8. The topological polar surface area (TPSA) is 29.5 Å². The number of hydrogen-bond donors (Lipinski definition) is 0. The van der Waals surface area contributed by atoms with Crippen LogP contribution in [-0.2, 0) is 4.74 Å². The number of carbonyl (C=O) groups excluding carboxylic acids is 1. The lowest BCUT2D eigenvalue weighted by molar-refractivity contribution is -0.00468. The van der Waals surface area contributed by atoms with Gasteiger partial charge >= 0.3 is 0 Å². The van der Waals surface area contributed by atoms with E-state index < -0.39 is 0 Å². The molecule has 0 N–H and O–H groups in total. The molecule has 0 bridgehead atoms. The maximum absolute atomic E-state index is 13.1. The Morgan fingerprint density at radius 1 is 1.50 bits per heavy atom. The standard InChI is InChI=1S/C14H18FNO2/c1-14(18-2)6-3-7-16(10-14)13-5-4-12(15)8-11(13)9-17/h4-5,8-9H,3,6-7,10H2,1-2H3. The van der Waals surface area contributed by atoms with Gasteiger partial charge in [0.25, 0.3) is 0 Å². The third-order valence-corrected chi connectivity index (χ3v) is 3.61. The van der Waals surface area contributed by atoms with Crippen LogP contribution in [0, 0.1) is 5.82 Å². The number of carbonyl (C=O) groups is 1. The average molecular weight is 251 g/mol. The van der Waals surface area contributed by atoms with Crippen LogP contribution < -0.4 is 4.90 Å². The fourth-order valence-corrected chi connectivity index (χ4v) is 2.49. The van der Waals surface area contributed by atoms with Crippen molar-refractivity contribution in [3.05, 3.63) is 29.6 Å². The molecule has 98 valence electrons. The molecule has 1 aliphatic heterocycles. The molecule has 1 unspecified atom stereocenters. The van der Waals surface area contributed by atoms with Crippen molar-refractivity contribution in [3.8, 4) is 0 Å². The number of anilines is 1. The summed E-state index contributed by atoms with van der Waals surface area (Å²) < 4.78 is 18.6. The Bertz CT molecular complexity index is 449. The summed E-state index contributed by atoms with van der Waals surface area (Å²) in [4.78, 5) is 13.1. The van der Waals surface area contributed by atoms with Gasteiger partial charge in [0.05, 0.1) is 5.60 Å². The molecule has 3 nitrogen and oxygen atoms in total. The molecule has 1 atom stereocenters. The maximum atomic E-state index is 13.1. The quantitative estimate of drug-likeness (QED) is 0.773. The first kappa shape index (κ1) is 13.0. The van der Waals surface area contributed by atoms with Crippen LogP contribution >= 0.6 is 0 Å². The van der Waals surface area contributed by atoms with Crippen LogP contribution in [0.1, 0.15) is 30.1 Å². The number of aldehydes is 1. The van der Waals surface area contributed by atoms with Crippen LogP contribution in [0.15, 0.2) is 18.2 Å². The molecule has 18 heavy (non-hydrogen) atoms. The van der Waals surface area contributed by atoms with E-state index in [4.69, 9.17) is 4.74 Å². The van der Waals surface area contributed by atoms with Gasteiger partial charge in [0.1, 0.15) is 5.82 Å². The molecule has 1 aromatic carbocycles. The molecule has 1 fully saturated rings. The average Bonchev–Trinajstić information content (AvgIpc) is 2.38. The summed E-state index contributed by atoms with van der Waals surface area (Å²) >= 11 is 0. The Labute approximate surface area is 107 Å². The third-order valence-electron chi connectivity index (χ3n) is 3.61. The molecule has 2 rings (SSSR count). The largest absolute Gasteiger partial charge is 0.377 e. The monoisotopic (exact) mass is 251 g/mol. The van der Waals surface area contributed by atoms with Crippen molar-refractivity contribution in [1.82, 2.24) is 0 Å². The van der Waals surface area contributed by atoms with Gasteiger partial charge in [0.2, 0.25) is 0 Å². The summed E-state index contributed by atoms with van der Waals surface area (Å²) in [7, 11) is 1.70. The molecule has 0 radical (unpaired) electrons. The first-order chi connectivity index (χ1) is 8.58. The molecule has 4 heteroatoms. The van der Waals surface area contributed by atoms with Crippen LogP contribution in [0.4, 0.5) is 10.1 Å². The Kier molecular flexibility index (Phi) is 3.66. The molecular weight excluding hydrogens is 233 g/mol. The van der Waals surface area contributed by atoms with E-state index in [1.165, 1.54) is 12.1 Å². The molecule has 0 amide bonds. The number of methoxy groups -OCH3 is 1. The van der Waals surface area contributed by atoms with E-state index in [0.29, 0.717) is 11.8 Å². The molecule has 1 heterocycles. The normalized spacial score (nSPS) is 24.1. The highest BCUT2D eigenvalue weighted by Crippen LogP contribution is 2.29. The predicted octanol–water partition coefficient (Wildman–Crippen LogP) is 2.64. The predicted molar refractivity (Wildman–Crippen MR) is 68.6 cm³/mol. The fourth-order valence-electron chi connectivity index (χ4n) is 2.49. The minimum absolute atomic E-state index is 0.202. The van der Waals surface area contributed by atoms with Crippen molar-refractivity contribution in [3.63, 3.8) is 0 Å². The van der Waals surface area contributed by atoms with E-state index in [-0.39, 0.29) is 11.4 Å². The van der Waals surface area contributed by atoms with Crippen molar-refractivity contribution >= 4 is 12.0 Å². The Balaban J connectivity index is 2.28. The number of ether oxygens (including phenoxy) is 1. The lowest BCUT2D eigenvalue weighted by atomic mass is 9.94. The van der Waals surface area contributed by atoms with Gasteiger partial charge < -0.3 is 9.64 Å². The SMILES string of the molecule is COC1(C)CCCN(c2ccc(F)cc2C=O)C1. The number of halogens is 1. The lowest BCUT2D eigenvalue weighted by Crippen LogP contribution is -2.47. The van der Waals surface area contributed by atoms with Crippen molar-refractivity contribution in [2.45, 2.75) is 25.4 Å². The summed E-state index contributed by atoms with van der Waals surface area (Å²) in [5, 5.41) is 0. The fraction of sp³-hybridized carbons (Fsp3) is 0.500. The summed E-state index contributed by atoms with van der Waals surface area (Å²) in [6, 6.07) is 4.34. The van der Waals surface area contributed by atoms with Gasteiger partial charge in [-0.1, -0.05) is 0 Å². The highest BCUT2D eigenvalue weighted by Gasteiger charge is 2.31.